The highest BCUT2D eigenvalue weighted by molar-refractivity contribution is 7.89. The lowest BCUT2D eigenvalue weighted by atomic mass is 10.1. The van der Waals surface area contributed by atoms with E-state index in [2.05, 4.69) is 5.32 Å². The van der Waals surface area contributed by atoms with Gasteiger partial charge in [-0.15, -0.1) is 0 Å². The van der Waals surface area contributed by atoms with Crippen molar-refractivity contribution in [1.29, 1.82) is 0 Å². The lowest BCUT2D eigenvalue weighted by Gasteiger charge is -2.26. The number of hydrogen-bond donors (Lipinski definition) is 1. The van der Waals surface area contributed by atoms with Crippen LogP contribution in [0, 0.1) is 6.92 Å². The molecule has 0 radical (unpaired) electrons. The Morgan fingerprint density at radius 1 is 1.06 bits per heavy atom. The van der Waals surface area contributed by atoms with Gasteiger partial charge >= 0.3 is 5.97 Å². The Balaban J connectivity index is 1.68. The molecule has 0 saturated carbocycles. The van der Waals surface area contributed by atoms with Crippen molar-refractivity contribution in [1.82, 2.24) is 4.31 Å². The van der Waals surface area contributed by atoms with Gasteiger partial charge in [-0.05, 0) is 55.7 Å². The number of sulfonamides is 1. The van der Waals surface area contributed by atoms with E-state index in [0.717, 1.165) is 19.3 Å². The number of carbonyl (C=O) groups excluding carboxylic acids is 2. The molecular formula is C21H22Cl2N2O5S. The second kappa shape index (κ2) is 9.99. The number of esters is 1. The molecule has 10 heteroatoms. The van der Waals surface area contributed by atoms with E-state index in [1.165, 1.54) is 28.6 Å². The van der Waals surface area contributed by atoms with Crippen molar-refractivity contribution in [3.8, 4) is 0 Å². The van der Waals surface area contributed by atoms with Crippen molar-refractivity contribution in [3.05, 3.63) is 57.6 Å². The van der Waals surface area contributed by atoms with Crippen molar-refractivity contribution in [2.75, 3.05) is 25.0 Å². The average molecular weight is 485 g/mol. The maximum atomic E-state index is 13.0. The number of rotatable bonds is 6. The van der Waals surface area contributed by atoms with Crippen molar-refractivity contribution in [2.24, 2.45) is 0 Å². The minimum absolute atomic E-state index is 0.0507. The molecule has 2 aromatic rings. The summed E-state index contributed by atoms with van der Waals surface area (Å²) < 4.78 is 32.5. The van der Waals surface area contributed by atoms with E-state index in [1.54, 1.807) is 19.1 Å². The number of carbonyl (C=O) groups is 2. The van der Waals surface area contributed by atoms with Gasteiger partial charge in [0.1, 0.15) is 0 Å². The standard InChI is InChI=1S/C21H22Cl2N2O5S/c1-14-5-6-15(11-19(14)31(28,29)25-9-3-2-4-10-25)21(27)30-13-20(26)24-18-12-16(22)7-8-17(18)23/h5-8,11-12H,2-4,9-10,13H2,1H3,(H,24,26). The van der Waals surface area contributed by atoms with Gasteiger partial charge < -0.3 is 10.1 Å². The first-order valence-electron chi connectivity index (χ1n) is 9.71. The van der Waals surface area contributed by atoms with Gasteiger partial charge in [0.25, 0.3) is 5.91 Å². The van der Waals surface area contributed by atoms with Crippen LogP contribution < -0.4 is 5.32 Å². The van der Waals surface area contributed by atoms with Gasteiger partial charge in [0.2, 0.25) is 10.0 Å². The molecule has 0 aliphatic carbocycles. The number of ether oxygens (including phenoxy) is 1. The Labute approximate surface area is 191 Å². The van der Waals surface area contributed by atoms with Crippen LogP contribution >= 0.6 is 23.2 Å². The van der Waals surface area contributed by atoms with E-state index in [-0.39, 0.29) is 15.5 Å². The summed E-state index contributed by atoms with van der Waals surface area (Å²) in [4.78, 5) is 24.6. The maximum absolute atomic E-state index is 13.0. The van der Waals surface area contributed by atoms with E-state index in [4.69, 9.17) is 27.9 Å². The topological polar surface area (TPSA) is 92.8 Å². The van der Waals surface area contributed by atoms with Gasteiger partial charge in [0, 0.05) is 18.1 Å². The van der Waals surface area contributed by atoms with Gasteiger partial charge in [0.05, 0.1) is 21.2 Å². The summed E-state index contributed by atoms with van der Waals surface area (Å²) >= 11 is 11.9. The Kier molecular flexibility index (Phi) is 7.59. The van der Waals surface area contributed by atoms with Crippen LogP contribution in [0.25, 0.3) is 0 Å². The van der Waals surface area contributed by atoms with Gasteiger partial charge in [-0.25, -0.2) is 13.2 Å². The summed E-state index contributed by atoms with van der Waals surface area (Å²) in [5, 5.41) is 3.19. The lowest BCUT2D eigenvalue weighted by Crippen LogP contribution is -2.36. The number of halogens is 2. The molecule has 0 unspecified atom stereocenters. The Hall–Kier alpha value is -2.13. The first-order valence-corrected chi connectivity index (χ1v) is 11.9. The van der Waals surface area contributed by atoms with E-state index >= 15 is 0 Å². The molecule has 2 aromatic carbocycles. The molecule has 1 saturated heterocycles. The number of benzene rings is 2. The molecule has 0 atom stereocenters. The average Bonchev–Trinajstić information content (AvgIpc) is 2.75. The third kappa shape index (κ3) is 5.77. The third-order valence-electron chi connectivity index (χ3n) is 4.89. The fraction of sp³-hybridized carbons (Fsp3) is 0.333. The van der Waals surface area contributed by atoms with Crippen LogP contribution in [-0.2, 0) is 19.6 Å². The van der Waals surface area contributed by atoms with Crippen LogP contribution in [0.4, 0.5) is 5.69 Å². The molecular weight excluding hydrogens is 463 g/mol. The van der Waals surface area contributed by atoms with Crippen molar-refractivity contribution in [2.45, 2.75) is 31.1 Å². The Morgan fingerprint density at radius 3 is 2.48 bits per heavy atom. The van der Waals surface area contributed by atoms with Crippen LogP contribution in [0.2, 0.25) is 10.0 Å². The molecule has 1 aliphatic heterocycles. The molecule has 1 aliphatic rings. The summed E-state index contributed by atoms with van der Waals surface area (Å²) in [6.07, 6.45) is 2.62. The van der Waals surface area contributed by atoms with Gasteiger partial charge in [-0.3, -0.25) is 4.79 Å². The minimum Gasteiger partial charge on any atom is -0.452 e. The number of anilines is 1. The molecule has 1 fully saturated rings. The fourth-order valence-corrected chi connectivity index (χ4v) is 5.35. The highest BCUT2D eigenvalue weighted by Crippen LogP contribution is 2.26. The molecule has 166 valence electrons. The second-order valence-corrected chi connectivity index (χ2v) is 9.94. The predicted molar refractivity (Wildman–Crippen MR) is 119 cm³/mol. The lowest BCUT2D eigenvalue weighted by molar-refractivity contribution is -0.119. The highest BCUT2D eigenvalue weighted by Gasteiger charge is 2.28. The smallest absolute Gasteiger partial charge is 0.338 e. The summed E-state index contributed by atoms with van der Waals surface area (Å²) in [6.45, 7) is 2.03. The van der Waals surface area contributed by atoms with Crippen molar-refractivity contribution in [3.63, 3.8) is 0 Å². The van der Waals surface area contributed by atoms with Crippen LogP contribution in [0.15, 0.2) is 41.3 Å². The molecule has 0 spiro atoms. The zero-order chi connectivity index (χ0) is 22.6. The molecule has 31 heavy (non-hydrogen) atoms. The summed E-state index contributed by atoms with van der Waals surface area (Å²) in [6, 6.07) is 8.90. The molecule has 3 rings (SSSR count). The number of nitrogens with zero attached hydrogens (tertiary/aromatic N) is 1. The molecule has 0 bridgehead atoms. The van der Waals surface area contributed by atoms with Crippen LogP contribution in [0.5, 0.6) is 0 Å². The van der Waals surface area contributed by atoms with Crippen LogP contribution in [0.3, 0.4) is 0 Å². The third-order valence-corrected chi connectivity index (χ3v) is 7.50. The zero-order valence-corrected chi connectivity index (χ0v) is 19.2. The summed E-state index contributed by atoms with van der Waals surface area (Å²) in [7, 11) is -3.71. The Bertz CT molecular complexity index is 1100. The first kappa shape index (κ1) is 23.5. The van der Waals surface area contributed by atoms with Gasteiger partial charge in [0.15, 0.2) is 6.61 Å². The summed E-state index contributed by atoms with van der Waals surface area (Å²) in [5.41, 5.74) is 0.880. The van der Waals surface area contributed by atoms with Crippen molar-refractivity contribution < 1.29 is 22.7 Å². The molecule has 1 amide bonds. The predicted octanol–water partition coefficient (Wildman–Crippen LogP) is 4.27. The summed E-state index contributed by atoms with van der Waals surface area (Å²) in [5.74, 6) is -1.41. The largest absolute Gasteiger partial charge is 0.452 e. The molecule has 0 aromatic heterocycles. The van der Waals surface area contributed by atoms with E-state index in [0.29, 0.717) is 29.4 Å². The SMILES string of the molecule is Cc1ccc(C(=O)OCC(=O)Nc2cc(Cl)ccc2Cl)cc1S(=O)(=O)N1CCCCC1. The monoisotopic (exact) mass is 484 g/mol. The zero-order valence-electron chi connectivity index (χ0n) is 16.9. The van der Waals surface area contributed by atoms with Crippen molar-refractivity contribution >= 4 is 50.8 Å². The molecule has 1 heterocycles. The van der Waals surface area contributed by atoms with E-state index in [1.807, 2.05) is 0 Å². The number of hydrogen-bond acceptors (Lipinski definition) is 5. The number of aryl methyl sites for hydroxylation is 1. The Morgan fingerprint density at radius 2 is 1.77 bits per heavy atom. The van der Waals surface area contributed by atoms with Gasteiger partial charge in [-0.2, -0.15) is 4.31 Å². The van der Waals surface area contributed by atoms with E-state index < -0.39 is 28.5 Å². The quantitative estimate of drug-likeness (QED) is 0.617. The highest BCUT2D eigenvalue weighted by atomic mass is 35.5. The number of amides is 1. The normalized spacial score (nSPS) is 14.8. The van der Waals surface area contributed by atoms with Crippen LogP contribution in [0.1, 0.15) is 35.2 Å². The number of nitrogens with one attached hydrogen (secondary N) is 1. The molecule has 7 nitrogen and oxygen atoms in total. The number of piperidine rings is 1. The second-order valence-electron chi connectivity index (χ2n) is 7.19. The van der Waals surface area contributed by atoms with Gasteiger partial charge in [-0.1, -0.05) is 35.7 Å². The minimum atomic E-state index is -3.71. The first-order chi connectivity index (χ1) is 14.7. The molecule has 1 N–H and O–H groups in total. The van der Waals surface area contributed by atoms with E-state index in [9.17, 15) is 18.0 Å². The fourth-order valence-electron chi connectivity index (χ4n) is 3.24. The van der Waals surface area contributed by atoms with Crippen LogP contribution in [-0.4, -0.2) is 44.3 Å². The maximum Gasteiger partial charge on any atom is 0.338 e.